The molecular weight excluding hydrogens is 1220 g/mol. The Hall–Kier alpha value is -9.43. The predicted octanol–water partition coefficient (Wildman–Crippen LogP) is -9.64. The molecule has 0 unspecified atom stereocenters. The topological polar surface area (TPSA) is 625 Å². The van der Waals surface area contributed by atoms with Gasteiger partial charge in [-0.05, 0) is 83.5 Å². The van der Waals surface area contributed by atoms with Gasteiger partial charge < -0.3 is 117 Å². The first kappa shape index (κ1) is 78.7. The van der Waals surface area contributed by atoms with E-state index in [2.05, 4.69) is 68.5 Å². The quantitative estimate of drug-likeness (QED) is 0.0275. The fourth-order valence-electron chi connectivity index (χ4n) is 8.60. The molecule has 14 atom stereocenters. The number of aliphatic hydroxyl groups is 4. The van der Waals surface area contributed by atoms with Crippen molar-refractivity contribution in [2.45, 2.75) is 178 Å². The molecule has 1 aromatic heterocycles. The number of imidazole rings is 1. The molecule has 0 aliphatic rings. The number of phenolic OH excluding ortho intramolecular Hbond substituents is 1. The Morgan fingerprint density at radius 1 is 0.500 bits per heavy atom. The molecule has 0 aliphatic carbocycles. The van der Waals surface area contributed by atoms with Crippen molar-refractivity contribution in [2.24, 2.45) is 28.9 Å². The average Bonchev–Trinajstić information content (AvgIpc) is 3.70. The van der Waals surface area contributed by atoms with Crippen LogP contribution in [-0.4, -0.2) is 228 Å². The summed E-state index contributed by atoms with van der Waals surface area (Å²) in [5.41, 5.74) is 22.2. The number of nitrogens with zero attached hydrogens (tertiary/aromatic N) is 1. The molecule has 1 aromatic carbocycles. The number of rotatable bonds is 41. The number of phenols is 1. The highest BCUT2D eigenvalue weighted by atomic mass is 16.4. The fourth-order valence-corrected chi connectivity index (χ4v) is 8.60. The molecule has 37 heteroatoms. The lowest BCUT2D eigenvalue weighted by molar-refractivity contribution is -0.142. The van der Waals surface area contributed by atoms with E-state index in [0.29, 0.717) is 12.8 Å². The van der Waals surface area contributed by atoms with Crippen LogP contribution >= 0.6 is 0 Å². The number of benzene rings is 1. The highest BCUT2D eigenvalue weighted by Crippen LogP contribution is 2.14. The zero-order valence-electron chi connectivity index (χ0n) is 51.6. The Morgan fingerprint density at radius 2 is 0.913 bits per heavy atom. The largest absolute Gasteiger partial charge is 0.508 e. The number of carboxylic acid groups (broad SMARTS) is 1. The third-order valence-electron chi connectivity index (χ3n) is 13.6. The van der Waals surface area contributed by atoms with Crippen molar-refractivity contribution in [3.8, 4) is 5.75 Å². The van der Waals surface area contributed by atoms with Gasteiger partial charge in [-0.15, -0.1) is 0 Å². The summed E-state index contributed by atoms with van der Waals surface area (Å²) in [7, 11) is 0. The van der Waals surface area contributed by atoms with Gasteiger partial charge >= 0.3 is 5.97 Å². The van der Waals surface area contributed by atoms with Gasteiger partial charge in [-0.2, -0.15) is 0 Å². The Balaban J connectivity index is 2.48. The summed E-state index contributed by atoms with van der Waals surface area (Å²) >= 11 is 0. The number of aliphatic hydroxyl groups excluding tert-OH is 4. The lowest BCUT2D eigenvalue weighted by Gasteiger charge is -2.30. The maximum atomic E-state index is 14.4. The normalized spacial score (nSPS) is 15.7. The van der Waals surface area contributed by atoms with Gasteiger partial charge in [0.05, 0.1) is 50.6 Å². The number of hydrogen-bond donors (Lipinski definition) is 22. The molecule has 2 aromatic rings. The van der Waals surface area contributed by atoms with Crippen molar-refractivity contribution in [2.75, 3.05) is 19.7 Å². The van der Waals surface area contributed by atoms with E-state index in [0.717, 1.165) is 20.8 Å². The predicted molar refractivity (Wildman–Crippen MR) is 320 cm³/mol. The third kappa shape index (κ3) is 27.4. The second-order valence-electron chi connectivity index (χ2n) is 22.0. The number of aromatic amines is 1. The summed E-state index contributed by atoms with van der Waals surface area (Å²) in [4.78, 5) is 193. The second-order valence-corrected chi connectivity index (χ2v) is 22.0. The van der Waals surface area contributed by atoms with E-state index in [4.69, 9.17) is 22.9 Å². The van der Waals surface area contributed by atoms with Crippen LogP contribution in [0.15, 0.2) is 36.8 Å². The maximum absolute atomic E-state index is 14.4. The molecule has 0 saturated carbocycles. The number of carboxylic acids is 1. The lowest BCUT2D eigenvalue weighted by atomic mass is 10.0. The molecule has 2 rings (SSSR count). The smallest absolute Gasteiger partial charge is 0.326 e. The molecule has 512 valence electrons. The molecule has 37 nitrogen and oxygen atoms in total. The van der Waals surface area contributed by atoms with Crippen molar-refractivity contribution in [3.63, 3.8) is 0 Å². The number of amides is 13. The van der Waals surface area contributed by atoms with Crippen molar-refractivity contribution in [3.05, 3.63) is 48.0 Å². The second kappa shape index (κ2) is 39.0. The van der Waals surface area contributed by atoms with Crippen LogP contribution in [0.25, 0.3) is 0 Å². The summed E-state index contributed by atoms with van der Waals surface area (Å²) in [5.74, 6) is -17.1. The van der Waals surface area contributed by atoms with Crippen LogP contribution in [0.5, 0.6) is 5.75 Å². The first-order chi connectivity index (χ1) is 43.1. The van der Waals surface area contributed by atoms with E-state index in [-0.39, 0.29) is 36.4 Å². The first-order valence-electron chi connectivity index (χ1n) is 29.1. The minimum atomic E-state index is -1.98. The van der Waals surface area contributed by atoms with Crippen LogP contribution in [0.4, 0.5) is 0 Å². The van der Waals surface area contributed by atoms with E-state index in [1.54, 1.807) is 13.8 Å². The van der Waals surface area contributed by atoms with Gasteiger partial charge in [0.25, 0.3) is 0 Å². The number of nitrogens with one attached hydrogen (secondary N) is 12. The Labute approximate surface area is 527 Å². The van der Waals surface area contributed by atoms with Gasteiger partial charge in [0.15, 0.2) is 0 Å². The monoisotopic (exact) mass is 1310 g/mol. The summed E-state index contributed by atoms with van der Waals surface area (Å²) in [6, 6.07) is -14.0. The molecule has 0 fully saturated rings. The minimum absolute atomic E-state index is 0.0159. The maximum Gasteiger partial charge on any atom is 0.326 e. The average molecular weight is 1310 g/mol. The summed E-state index contributed by atoms with van der Waals surface area (Å²) in [6.07, 6.45) is -4.82. The van der Waals surface area contributed by atoms with Gasteiger partial charge in [0.1, 0.15) is 72.2 Å². The van der Waals surface area contributed by atoms with Crippen molar-refractivity contribution in [1.82, 2.24) is 68.5 Å². The molecular formula is C55H87N17O20. The molecule has 0 aliphatic heterocycles. The SMILES string of the molecule is CC(C)C[C@H](NC(=O)[C@@H](NC(=O)[C@@H](NC(=O)[C@@H](NC(=O)CN)[C@@H](C)O)[C@@H](C)O)[C@@H](C)O)C(=O)N[C@@H](CC(N)=O)C(=O)N[C@@H](Cc1cnc[nH]1)C(=O)N[C@@H](CC(N)=O)C(=O)N[C@@H](Cc1ccc(O)cc1)C(=O)N[C@@H](CO)C(=O)N[C@@H](C)C(=O)N[C@@H](CCCCN)C(=O)O. The Kier molecular flexibility index (Phi) is 33.3. The van der Waals surface area contributed by atoms with Gasteiger partial charge in [-0.3, -0.25) is 62.3 Å². The van der Waals surface area contributed by atoms with E-state index in [1.807, 2.05) is 0 Å². The fraction of sp³-hybridized carbons (Fsp3) is 0.582. The molecule has 0 bridgehead atoms. The van der Waals surface area contributed by atoms with Crippen LogP contribution in [-0.2, 0) is 80.0 Å². The minimum Gasteiger partial charge on any atom is -0.508 e. The molecule has 26 N–H and O–H groups in total. The van der Waals surface area contributed by atoms with Crippen LogP contribution in [0.2, 0.25) is 0 Å². The Bertz CT molecular complexity index is 2860. The van der Waals surface area contributed by atoms with Crippen LogP contribution in [0.1, 0.15) is 91.3 Å². The van der Waals surface area contributed by atoms with Crippen LogP contribution in [0, 0.1) is 5.92 Å². The summed E-state index contributed by atoms with van der Waals surface area (Å²) in [5, 5.41) is 86.0. The van der Waals surface area contributed by atoms with E-state index >= 15 is 0 Å². The summed E-state index contributed by atoms with van der Waals surface area (Å²) in [6.45, 7) is 6.30. The number of carbonyl (C=O) groups is 14. The Morgan fingerprint density at radius 3 is 1.34 bits per heavy atom. The van der Waals surface area contributed by atoms with Crippen LogP contribution in [0.3, 0.4) is 0 Å². The van der Waals surface area contributed by atoms with Gasteiger partial charge in [-0.25, -0.2) is 9.78 Å². The standard InChI is InChI=1S/C55H87N17O20/c1-24(2)15-33(68-52(88)43(27(5)75)71-54(90)44(28(6)76)72-53(89)42(26(4)74)70-41(80)20-57)46(82)66-37(19-40(59)79)50(86)65-35(17-30-21-60-23-61-30)48(84)67-36(18-39(58)78)49(85)64-34(16-29-10-12-31(77)13-11-29)47(83)69-38(22-73)51(87)62-25(3)45(81)63-32(55(91)92)9-7-8-14-56/h10-13,21,23-28,32-38,42-44,73-77H,7-9,14-20,22,56-57H2,1-6H3,(H2,58,78)(H2,59,79)(H,60,61)(H,62,87)(H,63,81)(H,64,85)(H,65,86)(H,66,82)(H,67,84)(H,68,88)(H,69,83)(H,70,80)(H,71,90)(H,72,89)(H,91,92)/t25-,26+,27+,28+,32-,33-,34-,35-,36-,37-,38-,42-,43-,44-/m0/s1. The number of aromatic nitrogens is 2. The van der Waals surface area contributed by atoms with Crippen LogP contribution < -0.4 is 81.4 Å². The number of hydrogen-bond acceptors (Lipinski definition) is 22. The molecule has 0 saturated heterocycles. The zero-order valence-corrected chi connectivity index (χ0v) is 51.6. The van der Waals surface area contributed by atoms with Gasteiger partial charge in [-0.1, -0.05) is 26.0 Å². The molecule has 13 amide bonds. The highest BCUT2D eigenvalue weighted by Gasteiger charge is 2.39. The number of primary amides is 2. The number of aliphatic carboxylic acids is 1. The molecule has 0 radical (unpaired) electrons. The van der Waals surface area contributed by atoms with Gasteiger partial charge in [0.2, 0.25) is 76.8 Å². The zero-order chi connectivity index (χ0) is 69.7. The molecule has 1 heterocycles. The lowest BCUT2D eigenvalue weighted by Crippen LogP contribution is -2.64. The summed E-state index contributed by atoms with van der Waals surface area (Å²) < 4.78 is 0. The third-order valence-corrected chi connectivity index (χ3v) is 13.6. The van der Waals surface area contributed by atoms with Gasteiger partial charge in [0, 0.05) is 24.7 Å². The van der Waals surface area contributed by atoms with Crippen molar-refractivity contribution >= 4 is 82.8 Å². The van der Waals surface area contributed by atoms with Crippen molar-refractivity contribution in [1.29, 1.82) is 0 Å². The number of H-pyrrole nitrogens is 1. The molecule has 92 heavy (non-hydrogen) atoms. The van der Waals surface area contributed by atoms with Crippen molar-refractivity contribution < 1.29 is 97.8 Å². The number of unbranched alkanes of at least 4 members (excludes halogenated alkanes) is 1. The number of nitrogens with two attached hydrogens (primary N) is 4. The van der Waals surface area contributed by atoms with E-state index < -0.39 is 212 Å². The molecule has 0 spiro atoms. The first-order valence-corrected chi connectivity index (χ1v) is 29.1. The highest BCUT2D eigenvalue weighted by molar-refractivity contribution is 6.01. The van der Waals surface area contributed by atoms with E-state index in [9.17, 15) is 97.8 Å². The number of aromatic hydroxyl groups is 1. The van der Waals surface area contributed by atoms with E-state index in [1.165, 1.54) is 43.7 Å². The number of carbonyl (C=O) groups excluding carboxylic acids is 13.